The van der Waals surface area contributed by atoms with Crippen LogP contribution in [0.5, 0.6) is 6.01 Å². The van der Waals surface area contributed by atoms with Gasteiger partial charge in [-0.15, -0.1) is 0 Å². The molecule has 2 aromatic rings. The van der Waals surface area contributed by atoms with Crippen LogP contribution < -0.4 is 10.1 Å². The lowest BCUT2D eigenvalue weighted by molar-refractivity contribution is 0.201. The molecule has 0 amide bonds. The Morgan fingerprint density at radius 3 is 3.11 bits per heavy atom. The average Bonchev–Trinajstić information content (AvgIpc) is 2.75. The zero-order valence-corrected chi connectivity index (χ0v) is 10.7. The second-order valence-electron chi connectivity index (χ2n) is 4.97. The number of hydrogen-bond donors (Lipinski definition) is 1. The zero-order chi connectivity index (χ0) is 12.4. The van der Waals surface area contributed by atoms with E-state index in [1.165, 1.54) is 12.8 Å². The maximum atomic E-state index is 5.87. The molecule has 1 aromatic heterocycles. The second-order valence-corrected chi connectivity index (χ2v) is 4.97. The van der Waals surface area contributed by atoms with Crippen molar-refractivity contribution in [3.05, 3.63) is 24.3 Å². The van der Waals surface area contributed by atoms with Crippen molar-refractivity contribution in [1.29, 1.82) is 0 Å². The predicted molar refractivity (Wildman–Crippen MR) is 71.8 cm³/mol. The summed E-state index contributed by atoms with van der Waals surface area (Å²) in [6.45, 7) is 2.96. The van der Waals surface area contributed by atoms with E-state index in [4.69, 9.17) is 4.74 Å². The van der Waals surface area contributed by atoms with E-state index in [-0.39, 0.29) is 0 Å². The topological polar surface area (TPSA) is 39.1 Å². The Kier molecular flexibility index (Phi) is 3.19. The van der Waals surface area contributed by atoms with Gasteiger partial charge in [0.1, 0.15) is 0 Å². The fourth-order valence-electron chi connectivity index (χ4n) is 2.51. The van der Waals surface area contributed by atoms with Gasteiger partial charge in [-0.1, -0.05) is 12.1 Å². The Hall–Kier alpha value is -1.55. The molecule has 96 valence electrons. The summed E-state index contributed by atoms with van der Waals surface area (Å²) in [5, 5.41) is 3.41. The van der Waals surface area contributed by atoms with Crippen LogP contribution in [0.2, 0.25) is 0 Å². The fourth-order valence-corrected chi connectivity index (χ4v) is 2.51. The molecular formula is C14H19N3O. The maximum Gasteiger partial charge on any atom is 0.297 e. The summed E-state index contributed by atoms with van der Waals surface area (Å²) in [7, 11) is 2.00. The van der Waals surface area contributed by atoms with Gasteiger partial charge in [-0.2, -0.15) is 4.98 Å². The standard InChI is InChI=1S/C14H19N3O/c1-17-13-7-3-2-6-12(13)16-14(17)18-10-11-5-4-8-15-9-11/h2-3,6-7,11,15H,4-5,8-10H2,1H3/t11-/m1/s1. The highest BCUT2D eigenvalue weighted by Gasteiger charge is 2.15. The number of aromatic nitrogens is 2. The lowest BCUT2D eigenvalue weighted by Gasteiger charge is -2.22. The van der Waals surface area contributed by atoms with Crippen molar-refractivity contribution in [3.8, 4) is 6.01 Å². The molecule has 1 fully saturated rings. The summed E-state index contributed by atoms with van der Waals surface area (Å²) in [6, 6.07) is 8.84. The summed E-state index contributed by atoms with van der Waals surface area (Å²) in [4.78, 5) is 4.52. The van der Waals surface area contributed by atoms with E-state index in [9.17, 15) is 0 Å². The van der Waals surface area contributed by atoms with Gasteiger partial charge in [-0.05, 0) is 31.5 Å². The Morgan fingerprint density at radius 1 is 1.44 bits per heavy atom. The molecule has 4 nitrogen and oxygen atoms in total. The van der Waals surface area contributed by atoms with Gasteiger partial charge >= 0.3 is 0 Å². The van der Waals surface area contributed by atoms with Crippen LogP contribution in [0.4, 0.5) is 0 Å². The second kappa shape index (κ2) is 4.98. The molecule has 1 N–H and O–H groups in total. The lowest BCUT2D eigenvalue weighted by atomic mass is 10.0. The first-order valence-corrected chi connectivity index (χ1v) is 6.59. The van der Waals surface area contributed by atoms with Gasteiger partial charge in [0.2, 0.25) is 0 Å². The van der Waals surface area contributed by atoms with Crippen LogP contribution in [0.25, 0.3) is 11.0 Å². The summed E-state index contributed by atoms with van der Waals surface area (Å²) in [6.07, 6.45) is 2.49. The van der Waals surface area contributed by atoms with Crippen molar-refractivity contribution in [2.24, 2.45) is 13.0 Å². The van der Waals surface area contributed by atoms with Crippen LogP contribution in [0, 0.1) is 5.92 Å². The summed E-state index contributed by atoms with van der Waals surface area (Å²) in [5.41, 5.74) is 2.12. The highest BCUT2D eigenvalue weighted by molar-refractivity contribution is 5.76. The van der Waals surface area contributed by atoms with Crippen molar-refractivity contribution in [3.63, 3.8) is 0 Å². The molecule has 1 atom stereocenters. The van der Waals surface area contributed by atoms with Crippen molar-refractivity contribution in [2.45, 2.75) is 12.8 Å². The van der Waals surface area contributed by atoms with Crippen molar-refractivity contribution in [1.82, 2.24) is 14.9 Å². The molecule has 1 saturated heterocycles. The number of imidazole rings is 1. The molecule has 0 radical (unpaired) electrons. The zero-order valence-electron chi connectivity index (χ0n) is 10.7. The van der Waals surface area contributed by atoms with E-state index in [0.717, 1.165) is 36.7 Å². The van der Waals surface area contributed by atoms with Gasteiger partial charge in [0.25, 0.3) is 6.01 Å². The van der Waals surface area contributed by atoms with Crippen LogP contribution in [0.1, 0.15) is 12.8 Å². The number of nitrogens with zero attached hydrogens (tertiary/aromatic N) is 2. The largest absolute Gasteiger partial charge is 0.464 e. The Bertz CT molecular complexity index is 529. The first-order valence-electron chi connectivity index (χ1n) is 6.59. The molecule has 0 unspecified atom stereocenters. The van der Waals surface area contributed by atoms with Crippen LogP contribution in [0.3, 0.4) is 0 Å². The third kappa shape index (κ3) is 2.20. The first-order chi connectivity index (χ1) is 8.84. The maximum absolute atomic E-state index is 5.87. The summed E-state index contributed by atoms with van der Waals surface area (Å²) >= 11 is 0. The van der Waals surface area contributed by atoms with Gasteiger partial charge in [0, 0.05) is 19.5 Å². The number of nitrogens with one attached hydrogen (secondary N) is 1. The van der Waals surface area contributed by atoms with E-state index < -0.39 is 0 Å². The number of para-hydroxylation sites is 2. The van der Waals surface area contributed by atoms with E-state index >= 15 is 0 Å². The molecule has 1 aliphatic heterocycles. The molecule has 4 heteroatoms. The van der Waals surface area contributed by atoms with Crippen molar-refractivity contribution in [2.75, 3.05) is 19.7 Å². The number of benzene rings is 1. The molecular weight excluding hydrogens is 226 g/mol. The van der Waals surface area contributed by atoms with E-state index in [2.05, 4.69) is 16.4 Å². The van der Waals surface area contributed by atoms with Gasteiger partial charge in [0.05, 0.1) is 17.6 Å². The molecule has 18 heavy (non-hydrogen) atoms. The molecule has 2 heterocycles. The Morgan fingerprint density at radius 2 is 2.33 bits per heavy atom. The van der Waals surface area contributed by atoms with Gasteiger partial charge in [-0.3, -0.25) is 4.57 Å². The predicted octanol–water partition coefficient (Wildman–Crippen LogP) is 1.95. The molecule has 0 spiro atoms. The van der Waals surface area contributed by atoms with Crippen LogP contribution in [-0.4, -0.2) is 29.2 Å². The number of piperidine rings is 1. The van der Waals surface area contributed by atoms with Crippen molar-refractivity contribution < 1.29 is 4.74 Å². The lowest BCUT2D eigenvalue weighted by Crippen LogP contribution is -2.33. The van der Waals surface area contributed by atoms with Gasteiger partial charge in [-0.25, -0.2) is 0 Å². The molecule has 0 bridgehead atoms. The van der Waals surface area contributed by atoms with Crippen LogP contribution in [0.15, 0.2) is 24.3 Å². The molecule has 0 aliphatic carbocycles. The molecule has 1 aromatic carbocycles. The minimum Gasteiger partial charge on any atom is -0.464 e. The SMILES string of the molecule is Cn1c(OC[C@@H]2CCCNC2)nc2ccccc21. The minimum absolute atomic E-state index is 0.610. The van der Waals surface area contributed by atoms with Crippen LogP contribution >= 0.6 is 0 Å². The number of fused-ring (bicyclic) bond motifs is 1. The third-order valence-corrected chi connectivity index (χ3v) is 3.59. The van der Waals surface area contributed by atoms with Crippen molar-refractivity contribution >= 4 is 11.0 Å². The highest BCUT2D eigenvalue weighted by Crippen LogP contribution is 2.20. The van der Waals surface area contributed by atoms with E-state index in [0.29, 0.717) is 5.92 Å². The van der Waals surface area contributed by atoms with Crippen LogP contribution in [-0.2, 0) is 7.05 Å². The fraction of sp³-hybridized carbons (Fsp3) is 0.500. The monoisotopic (exact) mass is 245 g/mol. The molecule has 1 aliphatic rings. The number of aryl methyl sites for hydroxylation is 1. The smallest absolute Gasteiger partial charge is 0.297 e. The number of hydrogen-bond acceptors (Lipinski definition) is 3. The van der Waals surface area contributed by atoms with E-state index in [1.807, 2.05) is 29.8 Å². The van der Waals surface area contributed by atoms with Gasteiger partial charge < -0.3 is 10.1 Å². The quantitative estimate of drug-likeness (QED) is 0.898. The summed E-state index contributed by atoms with van der Waals surface area (Å²) < 4.78 is 7.89. The average molecular weight is 245 g/mol. The molecule has 3 rings (SSSR count). The minimum atomic E-state index is 0.610. The molecule has 0 saturated carbocycles. The number of rotatable bonds is 3. The van der Waals surface area contributed by atoms with Gasteiger partial charge in [0.15, 0.2) is 0 Å². The highest BCUT2D eigenvalue weighted by atomic mass is 16.5. The third-order valence-electron chi connectivity index (χ3n) is 3.59. The normalized spacial score (nSPS) is 20.2. The Balaban J connectivity index is 1.72. The first kappa shape index (κ1) is 11.5. The Labute approximate surface area is 107 Å². The summed E-state index contributed by atoms with van der Waals surface area (Å²) in [5.74, 6) is 0.610. The number of ether oxygens (including phenoxy) is 1. The van der Waals surface area contributed by atoms with E-state index in [1.54, 1.807) is 0 Å².